The zero-order valence-corrected chi connectivity index (χ0v) is 12.1. The number of nitrogens with one attached hydrogen (secondary N) is 1. The van der Waals surface area contributed by atoms with E-state index in [-0.39, 0.29) is 16.0 Å². The summed E-state index contributed by atoms with van der Waals surface area (Å²) in [4.78, 5) is 0.0349. The van der Waals surface area contributed by atoms with Crippen LogP contribution in [-0.4, -0.2) is 14.5 Å². The molecule has 0 bridgehead atoms. The molecular formula is C13H15ClN2O2S. The summed E-state index contributed by atoms with van der Waals surface area (Å²) in [5.41, 5.74) is 0.346. The topological polar surface area (TPSA) is 70.0 Å². The number of sulfonamides is 1. The molecule has 0 saturated heterocycles. The molecule has 1 fully saturated rings. The number of hydrogen-bond acceptors (Lipinski definition) is 3. The van der Waals surface area contributed by atoms with Gasteiger partial charge in [0.2, 0.25) is 10.0 Å². The van der Waals surface area contributed by atoms with Crippen molar-refractivity contribution in [1.29, 1.82) is 5.26 Å². The highest BCUT2D eigenvalue weighted by Gasteiger charge is 2.27. The van der Waals surface area contributed by atoms with Crippen molar-refractivity contribution in [3.63, 3.8) is 0 Å². The number of hydrogen-bond donors (Lipinski definition) is 1. The first kappa shape index (κ1) is 14.3. The van der Waals surface area contributed by atoms with Gasteiger partial charge >= 0.3 is 0 Å². The van der Waals surface area contributed by atoms with Crippen molar-refractivity contribution < 1.29 is 8.42 Å². The van der Waals surface area contributed by atoms with Crippen molar-refractivity contribution in [2.45, 2.75) is 37.1 Å². The fraction of sp³-hybridized carbons (Fsp3) is 0.462. The third-order valence-corrected chi connectivity index (χ3v) is 5.37. The molecule has 0 spiro atoms. The van der Waals surface area contributed by atoms with Crippen LogP contribution in [0.25, 0.3) is 0 Å². The minimum atomic E-state index is -3.61. The number of nitriles is 1. The highest BCUT2D eigenvalue weighted by molar-refractivity contribution is 7.89. The van der Waals surface area contributed by atoms with Crippen molar-refractivity contribution in [3.8, 4) is 6.07 Å². The molecule has 6 heteroatoms. The highest BCUT2D eigenvalue weighted by Crippen LogP contribution is 2.28. The van der Waals surface area contributed by atoms with Crippen LogP contribution in [0.5, 0.6) is 0 Å². The van der Waals surface area contributed by atoms with Crippen LogP contribution in [0.1, 0.15) is 31.7 Å². The molecule has 1 N–H and O–H groups in total. The van der Waals surface area contributed by atoms with Gasteiger partial charge in [0, 0.05) is 6.04 Å². The summed E-state index contributed by atoms with van der Waals surface area (Å²) in [6, 6.07) is 6.11. The van der Waals surface area contributed by atoms with Crippen LogP contribution in [0.4, 0.5) is 0 Å². The first-order chi connectivity index (χ1) is 8.92. The summed E-state index contributed by atoms with van der Waals surface area (Å²) in [6.45, 7) is 2.11. The molecule has 1 aromatic rings. The second kappa shape index (κ2) is 5.49. The molecule has 0 aromatic heterocycles. The van der Waals surface area contributed by atoms with Crippen LogP contribution in [0.2, 0.25) is 5.02 Å². The molecule has 1 saturated carbocycles. The van der Waals surface area contributed by atoms with Gasteiger partial charge in [0.1, 0.15) is 4.90 Å². The number of nitrogens with zero attached hydrogens (tertiary/aromatic N) is 1. The molecule has 0 heterocycles. The number of halogens is 1. The quantitative estimate of drug-likeness (QED) is 0.932. The van der Waals surface area contributed by atoms with Gasteiger partial charge in [0.15, 0.2) is 0 Å². The van der Waals surface area contributed by atoms with Gasteiger partial charge in [-0.15, -0.1) is 0 Å². The van der Waals surface area contributed by atoms with E-state index in [1.807, 2.05) is 6.07 Å². The Morgan fingerprint density at radius 1 is 1.42 bits per heavy atom. The predicted octanol–water partition coefficient (Wildman–Crippen LogP) is 2.68. The van der Waals surface area contributed by atoms with Crippen LogP contribution >= 0.6 is 11.6 Å². The lowest BCUT2D eigenvalue weighted by atomic mass is 10.1. The number of rotatable bonds is 3. The third-order valence-electron chi connectivity index (χ3n) is 3.37. The minimum absolute atomic E-state index is 0.0216. The zero-order valence-electron chi connectivity index (χ0n) is 10.6. The zero-order chi connectivity index (χ0) is 14.0. The van der Waals surface area contributed by atoms with Gasteiger partial charge in [0.05, 0.1) is 16.7 Å². The van der Waals surface area contributed by atoms with Crippen molar-refractivity contribution in [1.82, 2.24) is 4.72 Å². The fourth-order valence-corrected chi connectivity index (χ4v) is 4.21. The molecule has 102 valence electrons. The van der Waals surface area contributed by atoms with E-state index in [2.05, 4.69) is 11.6 Å². The Morgan fingerprint density at radius 2 is 2.16 bits per heavy atom. The van der Waals surface area contributed by atoms with E-state index in [0.29, 0.717) is 11.5 Å². The van der Waals surface area contributed by atoms with Crippen LogP contribution < -0.4 is 4.72 Å². The first-order valence-electron chi connectivity index (χ1n) is 6.14. The molecular weight excluding hydrogens is 284 g/mol. The normalized spacial score (nSPS) is 23.2. The molecule has 0 aliphatic heterocycles. The minimum Gasteiger partial charge on any atom is -0.208 e. The monoisotopic (exact) mass is 298 g/mol. The molecule has 2 atom stereocenters. The van der Waals surface area contributed by atoms with Gasteiger partial charge < -0.3 is 0 Å². The van der Waals surface area contributed by atoms with E-state index in [4.69, 9.17) is 16.9 Å². The van der Waals surface area contributed by atoms with Gasteiger partial charge in [-0.25, -0.2) is 13.1 Å². The Morgan fingerprint density at radius 3 is 2.68 bits per heavy atom. The fourth-order valence-electron chi connectivity index (χ4n) is 2.39. The predicted molar refractivity (Wildman–Crippen MR) is 73.3 cm³/mol. The molecule has 1 aromatic carbocycles. The molecule has 2 rings (SSSR count). The SMILES string of the molecule is CC1CCC(NS(=O)(=O)c2ccc(C#N)cc2Cl)C1. The Balaban J connectivity index is 2.23. The molecule has 2 unspecified atom stereocenters. The van der Waals surface area contributed by atoms with Gasteiger partial charge in [-0.2, -0.15) is 5.26 Å². The third kappa shape index (κ3) is 3.27. The van der Waals surface area contributed by atoms with Crippen molar-refractivity contribution in [2.75, 3.05) is 0 Å². The molecule has 19 heavy (non-hydrogen) atoms. The van der Waals surface area contributed by atoms with Crippen LogP contribution in [0.15, 0.2) is 23.1 Å². The average molecular weight is 299 g/mol. The van der Waals surface area contributed by atoms with E-state index in [9.17, 15) is 8.42 Å². The second-order valence-electron chi connectivity index (χ2n) is 4.99. The smallest absolute Gasteiger partial charge is 0.208 e. The van der Waals surface area contributed by atoms with E-state index < -0.39 is 10.0 Å². The molecule has 4 nitrogen and oxygen atoms in total. The van der Waals surface area contributed by atoms with Crippen molar-refractivity contribution >= 4 is 21.6 Å². The maximum Gasteiger partial charge on any atom is 0.242 e. The summed E-state index contributed by atoms with van der Waals surface area (Å²) in [7, 11) is -3.61. The summed E-state index contributed by atoms with van der Waals surface area (Å²) in [5.74, 6) is 0.545. The van der Waals surface area contributed by atoms with Gasteiger partial charge in [-0.1, -0.05) is 18.5 Å². The lowest BCUT2D eigenvalue weighted by Gasteiger charge is -2.14. The van der Waals surface area contributed by atoms with Crippen LogP contribution in [-0.2, 0) is 10.0 Å². The van der Waals surface area contributed by atoms with Gasteiger partial charge in [-0.05, 0) is 43.4 Å². The lowest BCUT2D eigenvalue weighted by molar-refractivity contribution is 0.538. The van der Waals surface area contributed by atoms with Crippen LogP contribution in [0.3, 0.4) is 0 Å². The van der Waals surface area contributed by atoms with E-state index >= 15 is 0 Å². The maximum absolute atomic E-state index is 12.2. The van der Waals surface area contributed by atoms with E-state index in [0.717, 1.165) is 19.3 Å². The van der Waals surface area contributed by atoms with Crippen molar-refractivity contribution in [3.05, 3.63) is 28.8 Å². The second-order valence-corrected chi connectivity index (χ2v) is 7.08. The summed E-state index contributed by atoms with van der Waals surface area (Å²) in [5, 5.41) is 8.82. The first-order valence-corrected chi connectivity index (χ1v) is 8.00. The Hall–Kier alpha value is -1.09. The molecule has 1 aliphatic carbocycles. The number of benzene rings is 1. The summed E-state index contributed by atoms with van der Waals surface area (Å²) in [6.07, 6.45) is 2.75. The summed E-state index contributed by atoms with van der Waals surface area (Å²) >= 11 is 5.94. The van der Waals surface area contributed by atoms with Crippen LogP contribution in [0, 0.1) is 17.2 Å². The lowest BCUT2D eigenvalue weighted by Crippen LogP contribution is -2.33. The average Bonchev–Trinajstić information content (AvgIpc) is 2.73. The van der Waals surface area contributed by atoms with Gasteiger partial charge in [-0.3, -0.25) is 0 Å². The Kier molecular flexibility index (Phi) is 4.14. The summed E-state index contributed by atoms with van der Waals surface area (Å²) < 4.78 is 27.2. The Bertz CT molecular complexity index is 622. The molecule has 0 radical (unpaired) electrons. The molecule has 1 aliphatic rings. The van der Waals surface area contributed by atoms with Gasteiger partial charge in [0.25, 0.3) is 0 Å². The van der Waals surface area contributed by atoms with E-state index in [1.165, 1.54) is 18.2 Å². The Labute approximate surface area is 118 Å². The maximum atomic E-state index is 12.2. The van der Waals surface area contributed by atoms with E-state index in [1.54, 1.807) is 0 Å². The molecule has 0 amide bonds. The van der Waals surface area contributed by atoms with Crippen molar-refractivity contribution in [2.24, 2.45) is 5.92 Å². The standard InChI is InChI=1S/C13H15ClN2O2S/c1-9-2-4-11(6-9)16-19(17,18)13-5-3-10(8-15)7-12(13)14/h3,5,7,9,11,16H,2,4,6H2,1H3. The largest absolute Gasteiger partial charge is 0.242 e. The highest BCUT2D eigenvalue weighted by atomic mass is 35.5.